The molecule has 50 heavy (non-hydrogen) atoms. The second-order valence-corrected chi connectivity index (χ2v) is 17.3. The summed E-state index contributed by atoms with van der Waals surface area (Å²) in [6, 6.07) is 21.6. The van der Waals surface area contributed by atoms with Gasteiger partial charge in [0, 0.05) is 42.1 Å². The molecule has 0 saturated heterocycles. The second kappa shape index (κ2) is 18.6. The molecule has 0 spiro atoms. The number of carboxylic acid groups (broad SMARTS) is 1. The van der Waals surface area contributed by atoms with Crippen molar-refractivity contribution in [1.82, 2.24) is 4.90 Å². The highest BCUT2D eigenvalue weighted by molar-refractivity contribution is 7.78. The van der Waals surface area contributed by atoms with E-state index in [0.29, 0.717) is 5.56 Å². The van der Waals surface area contributed by atoms with Gasteiger partial charge in [-0.15, -0.1) is 0 Å². The number of carbonyl (C=O) groups is 3. The van der Waals surface area contributed by atoms with Crippen LogP contribution in [0.25, 0.3) is 0 Å². The lowest BCUT2D eigenvalue weighted by Gasteiger charge is -2.34. The normalized spacial score (nSPS) is 13.6. The van der Waals surface area contributed by atoms with Gasteiger partial charge in [0.05, 0.1) is 19.8 Å². The third-order valence-corrected chi connectivity index (χ3v) is 13.9. The molecule has 0 aliphatic carbocycles. The number of benzene rings is 3. The summed E-state index contributed by atoms with van der Waals surface area (Å²) in [5.41, 5.74) is 0.780. The van der Waals surface area contributed by atoms with Gasteiger partial charge in [0.2, 0.25) is 13.3 Å². The summed E-state index contributed by atoms with van der Waals surface area (Å²) in [4.78, 5) is 41.0. The Bertz CT molecular complexity index is 1670. The molecular formula is C37H49NO10P2. The predicted molar refractivity (Wildman–Crippen MR) is 193 cm³/mol. The minimum absolute atomic E-state index is 0.0335. The van der Waals surface area contributed by atoms with Crippen LogP contribution in [0.5, 0.6) is 5.75 Å². The molecule has 0 heterocycles. The van der Waals surface area contributed by atoms with Crippen molar-refractivity contribution in [2.75, 3.05) is 25.7 Å². The number of esters is 1. The molecule has 1 N–H and O–H groups in total. The first kappa shape index (κ1) is 40.8. The van der Waals surface area contributed by atoms with E-state index in [1.165, 1.54) is 17.0 Å². The molecule has 1 unspecified atom stereocenters. The van der Waals surface area contributed by atoms with Crippen LogP contribution >= 0.6 is 15.0 Å². The lowest BCUT2D eigenvalue weighted by molar-refractivity contribution is -0.151. The molecule has 1 amide bonds. The molecule has 13 heteroatoms. The average Bonchev–Trinajstić information content (AvgIpc) is 3.07. The molecule has 272 valence electrons. The molecule has 0 bridgehead atoms. The Labute approximate surface area is 295 Å². The molecule has 11 nitrogen and oxygen atoms in total. The van der Waals surface area contributed by atoms with Crippen LogP contribution < -0.4 is 10.0 Å². The van der Waals surface area contributed by atoms with Gasteiger partial charge >= 0.3 is 19.5 Å². The molecule has 0 radical (unpaired) electrons. The van der Waals surface area contributed by atoms with Gasteiger partial charge in [-0.3, -0.25) is 18.7 Å². The molecule has 3 aromatic carbocycles. The SMILES string of the molecule is CCOP(=O)(CP(=O)(OCC)c1ccc(OC(=O)CC)c(C(C)(C)CC(=O)N(Cc2ccccc2)[C@@H](Cc2ccccc2)C(=O)O)c1)OCC. The number of rotatable bonds is 20. The largest absolute Gasteiger partial charge is 0.480 e. The zero-order valence-corrected chi connectivity index (χ0v) is 31.5. The summed E-state index contributed by atoms with van der Waals surface area (Å²) >= 11 is 0. The van der Waals surface area contributed by atoms with Gasteiger partial charge in [0.25, 0.3) is 0 Å². The van der Waals surface area contributed by atoms with Crippen LogP contribution in [0.3, 0.4) is 0 Å². The number of hydrogen-bond donors (Lipinski definition) is 1. The van der Waals surface area contributed by atoms with Crippen molar-refractivity contribution in [2.45, 2.75) is 78.8 Å². The van der Waals surface area contributed by atoms with Crippen LogP contribution in [0.1, 0.15) is 71.1 Å². The molecule has 0 aromatic heterocycles. The molecule has 3 rings (SSSR count). The van der Waals surface area contributed by atoms with E-state index in [4.69, 9.17) is 18.3 Å². The molecular weight excluding hydrogens is 680 g/mol. The molecule has 0 fully saturated rings. The summed E-state index contributed by atoms with van der Waals surface area (Å²) in [5, 5.41) is 10.6. The Hall–Kier alpha value is -3.59. The Morgan fingerprint density at radius 1 is 0.800 bits per heavy atom. The van der Waals surface area contributed by atoms with E-state index in [0.717, 1.165) is 11.1 Å². The van der Waals surface area contributed by atoms with Gasteiger partial charge in [-0.05, 0) is 50.1 Å². The smallest absolute Gasteiger partial charge is 0.340 e. The van der Waals surface area contributed by atoms with Crippen molar-refractivity contribution in [3.63, 3.8) is 0 Å². The van der Waals surface area contributed by atoms with Crippen molar-refractivity contribution in [3.8, 4) is 5.75 Å². The highest BCUT2D eigenvalue weighted by Gasteiger charge is 2.41. The first-order chi connectivity index (χ1) is 23.7. The second-order valence-electron chi connectivity index (χ2n) is 12.3. The van der Waals surface area contributed by atoms with Gasteiger partial charge in [-0.2, -0.15) is 0 Å². The lowest BCUT2D eigenvalue weighted by Crippen LogP contribution is -2.47. The van der Waals surface area contributed by atoms with E-state index in [9.17, 15) is 28.6 Å². The fourth-order valence-corrected chi connectivity index (χ4v) is 11.1. The summed E-state index contributed by atoms with van der Waals surface area (Å²) in [6.07, 6.45) is -0.0380. The Morgan fingerprint density at radius 3 is 1.88 bits per heavy atom. The maximum absolute atomic E-state index is 14.5. The van der Waals surface area contributed by atoms with E-state index < -0.39 is 50.2 Å². The topological polar surface area (TPSA) is 146 Å². The molecule has 0 aliphatic rings. The number of carbonyl (C=O) groups excluding carboxylic acids is 2. The third kappa shape index (κ3) is 11.2. The summed E-state index contributed by atoms with van der Waals surface area (Å²) < 4.78 is 50.5. The quantitative estimate of drug-likeness (QED) is 0.0703. The average molecular weight is 730 g/mol. The standard InChI is InChI=1S/C37H49NO10P2/c1-7-35(40)48-33-22-21-30(49(43,45-8-2)27-50(44,46-9-3)47-10-4)24-31(33)37(5,6)25-34(39)38(26-29-19-15-12-16-20-29)32(36(41)42)23-28-17-13-11-14-18-28/h11-22,24,32H,7-10,23,25-27H2,1-6H3,(H,41,42)/t32-,49?/m0/s1. The summed E-state index contributed by atoms with van der Waals surface area (Å²) in [5.74, 6) is -2.50. The van der Waals surface area contributed by atoms with E-state index in [-0.39, 0.29) is 56.7 Å². The van der Waals surface area contributed by atoms with Crippen LogP contribution in [-0.2, 0) is 55.5 Å². The maximum atomic E-state index is 14.5. The number of carboxylic acids is 1. The number of ether oxygens (including phenoxy) is 1. The van der Waals surface area contributed by atoms with Crippen molar-refractivity contribution in [2.24, 2.45) is 0 Å². The first-order valence-corrected chi connectivity index (χ1v) is 20.3. The van der Waals surface area contributed by atoms with Gasteiger partial charge in [-0.25, -0.2) is 4.79 Å². The minimum Gasteiger partial charge on any atom is -0.480 e. The summed E-state index contributed by atoms with van der Waals surface area (Å²) in [6.45, 7) is 10.3. The van der Waals surface area contributed by atoms with E-state index in [1.807, 2.05) is 60.7 Å². The van der Waals surface area contributed by atoms with Gasteiger partial charge in [0.1, 0.15) is 17.7 Å². The number of aliphatic carboxylic acids is 1. The van der Waals surface area contributed by atoms with E-state index in [1.54, 1.807) is 47.6 Å². The number of hydrogen-bond acceptors (Lipinski definition) is 9. The summed E-state index contributed by atoms with van der Waals surface area (Å²) in [7, 11) is -7.74. The van der Waals surface area contributed by atoms with Gasteiger partial charge in [-0.1, -0.05) is 81.4 Å². The highest BCUT2D eigenvalue weighted by atomic mass is 31.2. The zero-order valence-electron chi connectivity index (χ0n) is 29.7. The van der Waals surface area contributed by atoms with Crippen LogP contribution in [0, 0.1) is 0 Å². The first-order valence-electron chi connectivity index (χ1n) is 16.8. The molecule has 3 aromatic rings. The zero-order chi connectivity index (χ0) is 37.0. The van der Waals surface area contributed by atoms with Crippen molar-refractivity contribution < 1.29 is 46.9 Å². The molecule has 0 saturated carbocycles. The Morgan fingerprint density at radius 2 is 1.36 bits per heavy atom. The van der Waals surface area contributed by atoms with E-state index >= 15 is 0 Å². The predicted octanol–water partition coefficient (Wildman–Crippen LogP) is 7.56. The van der Waals surface area contributed by atoms with Crippen molar-refractivity contribution >= 4 is 38.1 Å². The number of nitrogens with zero attached hydrogens (tertiary/aromatic N) is 1. The van der Waals surface area contributed by atoms with E-state index in [2.05, 4.69) is 0 Å². The maximum Gasteiger partial charge on any atom is 0.340 e. The Balaban J connectivity index is 2.12. The Kier molecular flexibility index (Phi) is 15.2. The van der Waals surface area contributed by atoms with Crippen LogP contribution in [0.2, 0.25) is 0 Å². The minimum atomic E-state index is -3.90. The monoisotopic (exact) mass is 729 g/mol. The van der Waals surface area contributed by atoms with Crippen molar-refractivity contribution in [3.05, 3.63) is 95.6 Å². The molecule has 0 aliphatic heterocycles. The van der Waals surface area contributed by atoms with Crippen LogP contribution in [0.4, 0.5) is 0 Å². The van der Waals surface area contributed by atoms with Crippen LogP contribution in [0.15, 0.2) is 78.9 Å². The number of amides is 1. The fourth-order valence-electron chi connectivity index (χ4n) is 5.58. The lowest BCUT2D eigenvalue weighted by atomic mass is 9.80. The molecule has 2 atom stereocenters. The fraction of sp³-hybridized carbons (Fsp3) is 0.432. The highest BCUT2D eigenvalue weighted by Crippen LogP contribution is 2.63. The third-order valence-electron chi connectivity index (χ3n) is 7.99. The van der Waals surface area contributed by atoms with Crippen LogP contribution in [-0.4, -0.2) is 59.6 Å². The van der Waals surface area contributed by atoms with Gasteiger partial charge < -0.3 is 28.3 Å². The van der Waals surface area contributed by atoms with Crippen molar-refractivity contribution in [1.29, 1.82) is 0 Å². The van der Waals surface area contributed by atoms with Gasteiger partial charge in [0.15, 0.2) is 0 Å².